The fraction of sp³-hybridized carbons (Fsp3) is 0.125. The van der Waals surface area contributed by atoms with E-state index in [1.54, 1.807) is 41.3 Å². The zero-order valence-electron chi connectivity index (χ0n) is 11.0. The predicted molar refractivity (Wildman–Crippen MR) is 80.2 cm³/mol. The molecule has 0 saturated carbocycles. The van der Waals surface area contributed by atoms with Gasteiger partial charge in [-0.1, -0.05) is 17.7 Å². The van der Waals surface area contributed by atoms with Gasteiger partial charge in [-0.05, 0) is 48.4 Å². The molecule has 0 aliphatic carbocycles. The molecule has 1 N–H and O–H groups in total. The Hall–Kier alpha value is -2.33. The highest BCUT2D eigenvalue weighted by atomic mass is 35.5. The number of carbonyl (C=O) groups is 2. The third-order valence-electron chi connectivity index (χ3n) is 3.54. The van der Waals surface area contributed by atoms with Gasteiger partial charge in [0.05, 0.1) is 5.56 Å². The summed E-state index contributed by atoms with van der Waals surface area (Å²) in [6, 6.07) is 11.6. The highest BCUT2D eigenvalue weighted by Crippen LogP contribution is 2.30. The second kappa shape index (κ2) is 5.22. The van der Waals surface area contributed by atoms with Crippen molar-refractivity contribution in [3.63, 3.8) is 0 Å². The van der Waals surface area contributed by atoms with E-state index in [2.05, 4.69) is 0 Å². The summed E-state index contributed by atoms with van der Waals surface area (Å²) in [5.41, 5.74) is 2.42. The number of hydrogen-bond donors (Lipinski definition) is 1. The van der Waals surface area contributed by atoms with Crippen molar-refractivity contribution < 1.29 is 14.7 Å². The lowest BCUT2D eigenvalue weighted by molar-refractivity contribution is 0.0696. The minimum atomic E-state index is -0.961. The molecular formula is C16H12ClNO3. The molecule has 1 aliphatic rings. The molecule has 21 heavy (non-hydrogen) atoms. The summed E-state index contributed by atoms with van der Waals surface area (Å²) in [6.07, 6.45) is 0.656. The number of halogens is 1. The van der Waals surface area contributed by atoms with Gasteiger partial charge in [-0.25, -0.2) is 4.79 Å². The molecule has 3 rings (SSSR count). The van der Waals surface area contributed by atoms with Crippen molar-refractivity contribution >= 4 is 29.2 Å². The first kappa shape index (κ1) is 13.6. The summed E-state index contributed by atoms with van der Waals surface area (Å²) < 4.78 is 0. The van der Waals surface area contributed by atoms with Gasteiger partial charge in [0, 0.05) is 22.8 Å². The molecule has 4 nitrogen and oxygen atoms in total. The second-order valence-electron chi connectivity index (χ2n) is 4.87. The lowest BCUT2D eigenvalue weighted by Crippen LogP contribution is -2.28. The van der Waals surface area contributed by atoms with E-state index in [0.29, 0.717) is 23.6 Å². The van der Waals surface area contributed by atoms with Crippen molar-refractivity contribution in [3.8, 4) is 0 Å². The van der Waals surface area contributed by atoms with Gasteiger partial charge in [0.15, 0.2) is 0 Å². The molecule has 106 valence electrons. The van der Waals surface area contributed by atoms with Crippen LogP contribution in [-0.2, 0) is 6.42 Å². The van der Waals surface area contributed by atoms with Gasteiger partial charge in [-0.3, -0.25) is 4.79 Å². The zero-order valence-corrected chi connectivity index (χ0v) is 11.8. The molecule has 0 atom stereocenters. The van der Waals surface area contributed by atoms with E-state index in [1.165, 1.54) is 6.07 Å². The van der Waals surface area contributed by atoms with Crippen LogP contribution in [0.1, 0.15) is 26.3 Å². The number of carboxylic acid groups (broad SMARTS) is 1. The van der Waals surface area contributed by atoms with Gasteiger partial charge in [-0.2, -0.15) is 0 Å². The van der Waals surface area contributed by atoms with E-state index < -0.39 is 5.97 Å². The number of rotatable bonds is 2. The Kier molecular flexibility index (Phi) is 3.39. The van der Waals surface area contributed by atoms with Crippen molar-refractivity contribution in [2.75, 3.05) is 11.4 Å². The molecule has 5 heteroatoms. The van der Waals surface area contributed by atoms with Crippen LogP contribution in [0.15, 0.2) is 42.5 Å². The Morgan fingerprint density at radius 1 is 1.10 bits per heavy atom. The molecule has 0 fully saturated rings. The van der Waals surface area contributed by atoms with Crippen LogP contribution in [-0.4, -0.2) is 23.5 Å². The Morgan fingerprint density at radius 2 is 1.90 bits per heavy atom. The molecule has 2 aromatic carbocycles. The van der Waals surface area contributed by atoms with Crippen molar-refractivity contribution in [3.05, 3.63) is 64.2 Å². The summed E-state index contributed by atoms with van der Waals surface area (Å²) in [5.74, 6) is -1.09. The molecule has 1 amide bonds. The van der Waals surface area contributed by atoms with Crippen molar-refractivity contribution in [2.45, 2.75) is 6.42 Å². The number of benzene rings is 2. The number of carboxylic acids is 1. The highest BCUT2D eigenvalue weighted by Gasteiger charge is 2.26. The molecular weight excluding hydrogens is 290 g/mol. The van der Waals surface area contributed by atoms with Crippen LogP contribution >= 0.6 is 11.6 Å². The quantitative estimate of drug-likeness (QED) is 0.926. The molecule has 0 bridgehead atoms. The van der Waals surface area contributed by atoms with Crippen molar-refractivity contribution in [1.82, 2.24) is 0 Å². The van der Waals surface area contributed by atoms with E-state index in [1.807, 2.05) is 0 Å². The molecule has 1 heterocycles. The normalized spacial score (nSPS) is 13.1. The summed E-state index contributed by atoms with van der Waals surface area (Å²) in [4.78, 5) is 25.2. The maximum atomic E-state index is 12.5. The van der Waals surface area contributed by atoms with E-state index in [-0.39, 0.29) is 11.5 Å². The molecule has 0 radical (unpaired) electrons. The fourth-order valence-corrected chi connectivity index (χ4v) is 2.71. The van der Waals surface area contributed by atoms with Gasteiger partial charge in [-0.15, -0.1) is 0 Å². The molecule has 0 spiro atoms. The van der Waals surface area contributed by atoms with Gasteiger partial charge < -0.3 is 10.0 Å². The van der Waals surface area contributed by atoms with Crippen LogP contribution in [0, 0.1) is 0 Å². The SMILES string of the molecule is O=C(O)c1ccc2c(c1)CCN2C(=O)c1cccc(Cl)c1. The Balaban J connectivity index is 1.94. The van der Waals surface area contributed by atoms with Crippen LogP contribution < -0.4 is 4.90 Å². The van der Waals surface area contributed by atoms with E-state index in [4.69, 9.17) is 16.7 Å². The third kappa shape index (κ3) is 2.50. The Morgan fingerprint density at radius 3 is 2.62 bits per heavy atom. The zero-order chi connectivity index (χ0) is 15.0. The monoisotopic (exact) mass is 301 g/mol. The van der Waals surface area contributed by atoms with Gasteiger partial charge >= 0.3 is 5.97 Å². The number of fused-ring (bicyclic) bond motifs is 1. The summed E-state index contributed by atoms with van der Waals surface area (Å²) in [7, 11) is 0. The van der Waals surface area contributed by atoms with Crippen LogP contribution in [0.2, 0.25) is 5.02 Å². The third-order valence-corrected chi connectivity index (χ3v) is 3.77. The Bertz CT molecular complexity index is 742. The average Bonchev–Trinajstić information content (AvgIpc) is 2.89. The second-order valence-corrected chi connectivity index (χ2v) is 5.30. The maximum Gasteiger partial charge on any atom is 0.335 e. The van der Waals surface area contributed by atoms with Crippen LogP contribution in [0.25, 0.3) is 0 Å². The fourth-order valence-electron chi connectivity index (χ4n) is 2.52. The largest absolute Gasteiger partial charge is 0.478 e. The number of anilines is 1. The van der Waals surface area contributed by atoms with Gasteiger partial charge in [0.25, 0.3) is 5.91 Å². The van der Waals surface area contributed by atoms with Crippen molar-refractivity contribution in [1.29, 1.82) is 0 Å². The number of aromatic carboxylic acids is 1. The molecule has 1 aliphatic heterocycles. The molecule has 0 aromatic heterocycles. The Labute approximate surface area is 126 Å². The lowest BCUT2D eigenvalue weighted by atomic mass is 10.1. The van der Waals surface area contributed by atoms with Crippen LogP contribution in [0.3, 0.4) is 0 Å². The molecule has 0 unspecified atom stereocenters. The minimum Gasteiger partial charge on any atom is -0.478 e. The van der Waals surface area contributed by atoms with Gasteiger partial charge in [0.1, 0.15) is 0 Å². The standard InChI is InChI=1S/C16H12ClNO3/c17-13-3-1-2-11(9-13)15(19)18-7-6-10-8-12(16(20)21)4-5-14(10)18/h1-5,8-9H,6-7H2,(H,20,21). The lowest BCUT2D eigenvalue weighted by Gasteiger charge is -2.17. The number of nitrogens with zero attached hydrogens (tertiary/aromatic N) is 1. The summed E-state index contributed by atoms with van der Waals surface area (Å²) in [6.45, 7) is 0.545. The van der Waals surface area contributed by atoms with Gasteiger partial charge in [0.2, 0.25) is 0 Å². The maximum absolute atomic E-state index is 12.5. The molecule has 0 saturated heterocycles. The summed E-state index contributed by atoms with van der Waals surface area (Å²) >= 11 is 5.92. The number of hydrogen-bond acceptors (Lipinski definition) is 2. The van der Waals surface area contributed by atoms with Crippen LogP contribution in [0.5, 0.6) is 0 Å². The topological polar surface area (TPSA) is 57.6 Å². The first-order valence-electron chi connectivity index (χ1n) is 6.50. The van der Waals surface area contributed by atoms with E-state index in [9.17, 15) is 9.59 Å². The number of carbonyl (C=O) groups excluding carboxylic acids is 1. The first-order chi connectivity index (χ1) is 10.1. The highest BCUT2D eigenvalue weighted by molar-refractivity contribution is 6.31. The summed E-state index contributed by atoms with van der Waals surface area (Å²) in [5, 5.41) is 9.52. The molecule has 2 aromatic rings. The first-order valence-corrected chi connectivity index (χ1v) is 6.88. The van der Waals surface area contributed by atoms with E-state index >= 15 is 0 Å². The average molecular weight is 302 g/mol. The van der Waals surface area contributed by atoms with E-state index in [0.717, 1.165) is 11.3 Å². The van der Waals surface area contributed by atoms with Crippen molar-refractivity contribution in [2.24, 2.45) is 0 Å². The predicted octanol–water partition coefficient (Wildman–Crippen LogP) is 3.24. The number of amides is 1. The van der Waals surface area contributed by atoms with Crippen LogP contribution in [0.4, 0.5) is 5.69 Å². The minimum absolute atomic E-state index is 0.126. The smallest absolute Gasteiger partial charge is 0.335 e.